The highest BCUT2D eigenvalue weighted by Gasteiger charge is 2.18. The summed E-state index contributed by atoms with van der Waals surface area (Å²) in [6.45, 7) is 3.52. The van der Waals surface area contributed by atoms with Crippen LogP contribution in [0.1, 0.15) is 26.2 Å². The average Bonchev–Trinajstić information content (AvgIpc) is 2.26. The quantitative estimate of drug-likeness (QED) is 0.746. The summed E-state index contributed by atoms with van der Waals surface area (Å²) in [6, 6.07) is 0.427. The molecule has 1 N–H and O–H groups in total. The first-order valence-electron chi connectivity index (χ1n) is 5.67. The van der Waals surface area contributed by atoms with Gasteiger partial charge in [0.2, 0.25) is 0 Å². The summed E-state index contributed by atoms with van der Waals surface area (Å²) in [5.74, 6) is 0.0332. The van der Waals surface area contributed by atoms with Gasteiger partial charge in [0, 0.05) is 20.1 Å². The summed E-state index contributed by atoms with van der Waals surface area (Å²) in [6.07, 6.45) is 3.34. The van der Waals surface area contributed by atoms with Crippen molar-refractivity contribution in [3.63, 3.8) is 0 Å². The molecule has 0 radical (unpaired) electrons. The number of hydrogen-bond acceptors (Lipinski definition) is 3. The van der Waals surface area contributed by atoms with Gasteiger partial charge in [-0.1, -0.05) is 6.42 Å². The lowest BCUT2D eigenvalue weighted by Crippen LogP contribution is -2.41. The van der Waals surface area contributed by atoms with Crippen molar-refractivity contribution in [3.05, 3.63) is 0 Å². The third-order valence-electron chi connectivity index (χ3n) is 2.75. The van der Waals surface area contributed by atoms with E-state index in [-0.39, 0.29) is 12.0 Å². The fraction of sp³-hybridized carbons (Fsp3) is 0.909. The number of likely N-dealkylation sites (N-methyl/N-ethyl adjacent to an activating group) is 1. The van der Waals surface area contributed by atoms with Crippen molar-refractivity contribution in [3.8, 4) is 0 Å². The molecular formula is C11H22N2O2. The van der Waals surface area contributed by atoms with Crippen LogP contribution >= 0.6 is 0 Å². The maximum atomic E-state index is 11.5. The Kier molecular flexibility index (Phi) is 5.05. The van der Waals surface area contributed by atoms with Crippen molar-refractivity contribution < 1.29 is 9.53 Å². The van der Waals surface area contributed by atoms with E-state index in [1.54, 1.807) is 19.0 Å². The molecule has 1 aliphatic heterocycles. The molecule has 88 valence electrons. The Bertz CT molecular complexity index is 201. The minimum absolute atomic E-state index is 0.0332. The first-order chi connectivity index (χ1) is 7.11. The maximum absolute atomic E-state index is 11.5. The van der Waals surface area contributed by atoms with E-state index in [4.69, 9.17) is 4.74 Å². The average molecular weight is 214 g/mol. The molecule has 1 amide bonds. The molecule has 1 fully saturated rings. The molecule has 0 aromatic carbocycles. The lowest BCUT2D eigenvalue weighted by atomic mass is 10.1. The molecule has 0 aromatic rings. The monoisotopic (exact) mass is 214 g/mol. The van der Waals surface area contributed by atoms with Gasteiger partial charge in [0.1, 0.15) is 6.10 Å². The largest absolute Gasteiger partial charge is 0.367 e. The molecule has 0 aliphatic carbocycles. The number of nitrogens with one attached hydrogen (secondary N) is 1. The number of carbonyl (C=O) groups is 1. The number of carbonyl (C=O) groups excluding carboxylic acids is 1. The van der Waals surface area contributed by atoms with Gasteiger partial charge < -0.3 is 15.0 Å². The molecule has 15 heavy (non-hydrogen) atoms. The van der Waals surface area contributed by atoms with Gasteiger partial charge in [-0.25, -0.2) is 0 Å². The number of piperidine rings is 1. The summed E-state index contributed by atoms with van der Waals surface area (Å²) in [4.78, 5) is 13.1. The van der Waals surface area contributed by atoms with Gasteiger partial charge in [-0.05, 0) is 26.3 Å². The SMILES string of the molecule is CC(OCC1CCCCN1)C(=O)N(C)C. The molecule has 1 rings (SSSR count). The zero-order valence-corrected chi connectivity index (χ0v) is 9.95. The second kappa shape index (κ2) is 6.08. The van der Waals surface area contributed by atoms with Crippen molar-refractivity contribution in [2.45, 2.75) is 38.3 Å². The van der Waals surface area contributed by atoms with E-state index >= 15 is 0 Å². The molecule has 1 aliphatic rings. The summed E-state index contributed by atoms with van der Waals surface area (Å²) in [5.41, 5.74) is 0. The highest BCUT2D eigenvalue weighted by Crippen LogP contribution is 2.08. The number of rotatable bonds is 4. The van der Waals surface area contributed by atoms with Gasteiger partial charge >= 0.3 is 0 Å². The number of amides is 1. The Morgan fingerprint density at radius 3 is 2.80 bits per heavy atom. The zero-order chi connectivity index (χ0) is 11.3. The van der Waals surface area contributed by atoms with Crippen molar-refractivity contribution in [1.29, 1.82) is 0 Å². The number of hydrogen-bond donors (Lipinski definition) is 1. The Balaban J connectivity index is 2.20. The van der Waals surface area contributed by atoms with Crippen LogP contribution in [-0.4, -0.2) is 50.2 Å². The molecule has 0 spiro atoms. The third kappa shape index (κ3) is 4.18. The van der Waals surface area contributed by atoms with Crippen LogP contribution in [0.2, 0.25) is 0 Å². The van der Waals surface area contributed by atoms with Crippen LogP contribution in [0.25, 0.3) is 0 Å². The lowest BCUT2D eigenvalue weighted by Gasteiger charge is -2.25. The normalized spacial score (nSPS) is 23.5. The summed E-state index contributed by atoms with van der Waals surface area (Å²) in [7, 11) is 3.50. The second-order valence-electron chi connectivity index (χ2n) is 4.36. The fourth-order valence-electron chi connectivity index (χ4n) is 1.76. The Morgan fingerprint density at radius 1 is 1.53 bits per heavy atom. The Morgan fingerprint density at radius 2 is 2.27 bits per heavy atom. The first kappa shape index (κ1) is 12.5. The van der Waals surface area contributed by atoms with Crippen LogP contribution in [0.5, 0.6) is 0 Å². The number of nitrogens with zero attached hydrogens (tertiary/aromatic N) is 1. The smallest absolute Gasteiger partial charge is 0.250 e. The predicted octanol–water partition coefficient (Wildman–Crippen LogP) is 0.622. The van der Waals surface area contributed by atoms with E-state index in [2.05, 4.69) is 5.32 Å². The van der Waals surface area contributed by atoms with E-state index in [1.807, 2.05) is 6.92 Å². The van der Waals surface area contributed by atoms with Crippen molar-refractivity contribution in [2.75, 3.05) is 27.2 Å². The summed E-state index contributed by atoms with van der Waals surface area (Å²) < 4.78 is 5.55. The minimum atomic E-state index is -0.330. The summed E-state index contributed by atoms with van der Waals surface area (Å²) in [5, 5.41) is 3.39. The fourth-order valence-corrected chi connectivity index (χ4v) is 1.76. The molecule has 2 unspecified atom stereocenters. The maximum Gasteiger partial charge on any atom is 0.250 e. The molecule has 2 atom stereocenters. The van der Waals surface area contributed by atoms with Gasteiger partial charge in [0.25, 0.3) is 5.91 Å². The molecule has 1 saturated heterocycles. The Labute approximate surface area is 92.0 Å². The van der Waals surface area contributed by atoms with Crippen molar-refractivity contribution >= 4 is 5.91 Å². The van der Waals surface area contributed by atoms with E-state index in [9.17, 15) is 4.79 Å². The molecule has 4 heteroatoms. The van der Waals surface area contributed by atoms with Crippen LogP contribution in [0, 0.1) is 0 Å². The van der Waals surface area contributed by atoms with Crippen LogP contribution in [-0.2, 0) is 9.53 Å². The molecule has 0 bridgehead atoms. The number of ether oxygens (including phenoxy) is 1. The van der Waals surface area contributed by atoms with E-state index < -0.39 is 0 Å². The Hall–Kier alpha value is -0.610. The van der Waals surface area contributed by atoms with Gasteiger partial charge in [-0.2, -0.15) is 0 Å². The van der Waals surface area contributed by atoms with Gasteiger partial charge in [-0.15, -0.1) is 0 Å². The van der Waals surface area contributed by atoms with Crippen LogP contribution in [0.15, 0.2) is 0 Å². The van der Waals surface area contributed by atoms with E-state index in [0.29, 0.717) is 12.6 Å². The predicted molar refractivity (Wildman–Crippen MR) is 59.7 cm³/mol. The highest BCUT2D eigenvalue weighted by atomic mass is 16.5. The summed E-state index contributed by atoms with van der Waals surface area (Å²) >= 11 is 0. The van der Waals surface area contributed by atoms with Crippen molar-refractivity contribution in [1.82, 2.24) is 10.2 Å². The first-order valence-corrected chi connectivity index (χ1v) is 5.67. The highest BCUT2D eigenvalue weighted by molar-refractivity contribution is 5.79. The lowest BCUT2D eigenvalue weighted by molar-refractivity contribution is -0.140. The van der Waals surface area contributed by atoms with Crippen molar-refractivity contribution in [2.24, 2.45) is 0 Å². The van der Waals surface area contributed by atoms with E-state index in [0.717, 1.165) is 13.0 Å². The molecule has 0 aromatic heterocycles. The van der Waals surface area contributed by atoms with Gasteiger partial charge in [-0.3, -0.25) is 4.79 Å². The molecular weight excluding hydrogens is 192 g/mol. The molecule has 4 nitrogen and oxygen atoms in total. The van der Waals surface area contributed by atoms with Crippen LogP contribution in [0.3, 0.4) is 0 Å². The standard InChI is InChI=1S/C11H22N2O2/c1-9(11(14)13(2)3)15-8-10-6-4-5-7-12-10/h9-10,12H,4-8H2,1-3H3. The van der Waals surface area contributed by atoms with Gasteiger partial charge in [0.15, 0.2) is 0 Å². The minimum Gasteiger partial charge on any atom is -0.367 e. The topological polar surface area (TPSA) is 41.6 Å². The molecule has 1 heterocycles. The second-order valence-corrected chi connectivity index (χ2v) is 4.36. The van der Waals surface area contributed by atoms with Crippen LogP contribution < -0.4 is 5.32 Å². The van der Waals surface area contributed by atoms with E-state index in [1.165, 1.54) is 12.8 Å². The molecule has 0 saturated carbocycles. The third-order valence-corrected chi connectivity index (χ3v) is 2.75. The zero-order valence-electron chi connectivity index (χ0n) is 9.95. The van der Waals surface area contributed by atoms with Gasteiger partial charge in [0.05, 0.1) is 6.61 Å². The van der Waals surface area contributed by atoms with Crippen LogP contribution in [0.4, 0.5) is 0 Å².